The third-order valence-electron chi connectivity index (χ3n) is 5.95. The summed E-state index contributed by atoms with van der Waals surface area (Å²) in [6, 6.07) is 0. The Morgan fingerprint density at radius 2 is 1.79 bits per heavy atom. The predicted octanol–water partition coefficient (Wildman–Crippen LogP) is 4.27. The summed E-state index contributed by atoms with van der Waals surface area (Å²) < 4.78 is 6.09. The molecule has 2 aliphatic rings. The first kappa shape index (κ1) is 26.0. The van der Waals surface area contributed by atoms with Gasteiger partial charge in [-0.3, -0.25) is 4.99 Å². The lowest BCUT2D eigenvalue weighted by molar-refractivity contribution is -0.0835. The molecule has 2 aliphatic heterocycles. The van der Waals surface area contributed by atoms with Gasteiger partial charge in [0.15, 0.2) is 5.96 Å². The molecule has 0 saturated carbocycles. The Hall–Kier alpha value is -0.0800. The normalized spacial score (nSPS) is 24.5. The molecule has 2 fully saturated rings. The molecule has 0 spiro atoms. The molecule has 2 rings (SSSR count). The van der Waals surface area contributed by atoms with E-state index in [1.54, 1.807) is 0 Å². The Morgan fingerprint density at radius 3 is 2.46 bits per heavy atom. The van der Waals surface area contributed by atoms with Crippen LogP contribution in [-0.4, -0.2) is 63.3 Å². The molecule has 0 aliphatic carbocycles. The summed E-state index contributed by atoms with van der Waals surface area (Å²) >= 11 is 0. The van der Waals surface area contributed by atoms with Gasteiger partial charge in [-0.15, -0.1) is 24.0 Å². The van der Waals surface area contributed by atoms with E-state index in [4.69, 9.17) is 4.74 Å². The van der Waals surface area contributed by atoms with E-state index >= 15 is 0 Å². The number of halogens is 1. The second-order valence-electron chi connectivity index (χ2n) is 9.40. The number of guanidine groups is 1. The molecule has 0 aromatic heterocycles. The van der Waals surface area contributed by atoms with Crippen molar-refractivity contribution in [3.8, 4) is 0 Å². The highest BCUT2D eigenvalue weighted by molar-refractivity contribution is 14.0. The van der Waals surface area contributed by atoms with Crippen molar-refractivity contribution in [3.63, 3.8) is 0 Å². The Morgan fingerprint density at radius 1 is 1.04 bits per heavy atom. The smallest absolute Gasteiger partial charge is 0.190 e. The van der Waals surface area contributed by atoms with Gasteiger partial charge in [-0.2, -0.15) is 0 Å². The summed E-state index contributed by atoms with van der Waals surface area (Å²) in [5, 5.41) is 7.02. The topological polar surface area (TPSA) is 48.9 Å². The second kappa shape index (κ2) is 14.0. The predicted molar refractivity (Wildman–Crippen MR) is 131 cm³/mol. The minimum Gasteiger partial charge on any atom is -0.377 e. The average Bonchev–Trinajstić information content (AvgIpc) is 2.67. The quantitative estimate of drug-likeness (QED) is 0.223. The molecule has 0 amide bonds. The zero-order valence-corrected chi connectivity index (χ0v) is 21.1. The average molecular weight is 509 g/mol. The van der Waals surface area contributed by atoms with E-state index in [0.29, 0.717) is 12.0 Å². The standard InChI is InChI=1S/C22H44N4O.HI/c1-22(2,3)20-19(12-11-17-27-20)18-25-21(23-4)24-13-7-5-8-14-26-15-9-6-10-16-26;/h19-20H,5-18H2,1-4H3,(H2,23,24,25);1H. The second-order valence-corrected chi connectivity index (χ2v) is 9.40. The molecule has 2 atom stereocenters. The van der Waals surface area contributed by atoms with Gasteiger partial charge in [0.05, 0.1) is 6.10 Å². The van der Waals surface area contributed by atoms with Crippen molar-refractivity contribution in [2.45, 2.75) is 78.2 Å². The van der Waals surface area contributed by atoms with Crippen LogP contribution in [0.2, 0.25) is 0 Å². The molecule has 0 aromatic rings. The summed E-state index contributed by atoms with van der Waals surface area (Å²) in [4.78, 5) is 7.03. The van der Waals surface area contributed by atoms with Gasteiger partial charge in [-0.1, -0.05) is 33.6 Å². The highest BCUT2D eigenvalue weighted by Crippen LogP contribution is 2.33. The largest absolute Gasteiger partial charge is 0.377 e. The SMILES string of the molecule is CN=C(NCCCCCN1CCCCC1)NCC1CCCOC1C(C)(C)C.I. The van der Waals surface area contributed by atoms with Gasteiger partial charge in [-0.05, 0) is 63.6 Å². The van der Waals surface area contributed by atoms with Crippen molar-refractivity contribution >= 4 is 29.9 Å². The number of ether oxygens (including phenoxy) is 1. The Bertz CT molecular complexity index is 433. The fourth-order valence-corrected chi connectivity index (χ4v) is 4.48. The molecule has 2 unspecified atom stereocenters. The van der Waals surface area contributed by atoms with Crippen LogP contribution in [-0.2, 0) is 4.74 Å². The third kappa shape index (κ3) is 9.61. The zero-order chi connectivity index (χ0) is 19.5. The first-order valence-corrected chi connectivity index (χ1v) is 11.3. The lowest BCUT2D eigenvalue weighted by atomic mass is 9.78. The van der Waals surface area contributed by atoms with Crippen molar-refractivity contribution in [1.82, 2.24) is 15.5 Å². The van der Waals surface area contributed by atoms with Gasteiger partial charge in [0, 0.05) is 32.7 Å². The van der Waals surface area contributed by atoms with Crippen LogP contribution < -0.4 is 10.6 Å². The van der Waals surface area contributed by atoms with Crippen molar-refractivity contribution in [1.29, 1.82) is 0 Å². The molecule has 0 radical (unpaired) electrons. The van der Waals surface area contributed by atoms with Crippen LogP contribution in [0.5, 0.6) is 0 Å². The molecule has 2 N–H and O–H groups in total. The van der Waals surface area contributed by atoms with Crippen LogP contribution >= 0.6 is 24.0 Å². The maximum atomic E-state index is 6.09. The Balaban J connectivity index is 0.00000392. The van der Waals surface area contributed by atoms with E-state index in [-0.39, 0.29) is 29.4 Å². The summed E-state index contributed by atoms with van der Waals surface area (Å²) in [6.07, 6.45) is 10.8. The lowest BCUT2D eigenvalue weighted by Crippen LogP contribution is -2.47. The van der Waals surface area contributed by atoms with E-state index in [1.165, 1.54) is 71.0 Å². The Labute approximate surface area is 190 Å². The fourth-order valence-electron chi connectivity index (χ4n) is 4.48. The van der Waals surface area contributed by atoms with Gasteiger partial charge in [0.1, 0.15) is 0 Å². The number of nitrogens with one attached hydrogen (secondary N) is 2. The number of aliphatic imine (C=N–C) groups is 1. The molecule has 2 saturated heterocycles. The van der Waals surface area contributed by atoms with E-state index in [0.717, 1.165) is 25.7 Å². The van der Waals surface area contributed by atoms with Crippen molar-refractivity contribution in [2.24, 2.45) is 16.3 Å². The number of rotatable bonds is 8. The lowest BCUT2D eigenvalue weighted by Gasteiger charge is -2.40. The summed E-state index contributed by atoms with van der Waals surface area (Å²) in [5.74, 6) is 1.49. The number of hydrogen-bond donors (Lipinski definition) is 2. The van der Waals surface area contributed by atoms with Crippen LogP contribution in [0.3, 0.4) is 0 Å². The summed E-state index contributed by atoms with van der Waals surface area (Å²) in [7, 11) is 1.87. The maximum Gasteiger partial charge on any atom is 0.190 e. The van der Waals surface area contributed by atoms with E-state index < -0.39 is 0 Å². The highest BCUT2D eigenvalue weighted by atomic mass is 127. The van der Waals surface area contributed by atoms with Crippen molar-refractivity contribution < 1.29 is 4.74 Å². The monoisotopic (exact) mass is 508 g/mol. The van der Waals surface area contributed by atoms with Crippen LogP contribution in [0.1, 0.15) is 72.1 Å². The Kier molecular flexibility index (Phi) is 13.0. The molecule has 0 aromatic carbocycles. The van der Waals surface area contributed by atoms with Gasteiger partial charge in [-0.25, -0.2) is 0 Å². The number of likely N-dealkylation sites (tertiary alicyclic amines) is 1. The van der Waals surface area contributed by atoms with Crippen LogP contribution in [0.4, 0.5) is 0 Å². The van der Waals surface area contributed by atoms with Gasteiger partial charge in [0.2, 0.25) is 0 Å². The van der Waals surface area contributed by atoms with E-state index in [1.807, 2.05) is 7.05 Å². The number of unbranched alkanes of at least 4 members (excludes halogenated alkanes) is 2. The molecular formula is C22H45IN4O. The zero-order valence-electron chi connectivity index (χ0n) is 18.8. The maximum absolute atomic E-state index is 6.09. The molecule has 6 heteroatoms. The fraction of sp³-hybridized carbons (Fsp3) is 0.955. The highest BCUT2D eigenvalue weighted by Gasteiger charge is 2.35. The molecule has 2 heterocycles. The number of nitrogens with zero attached hydrogens (tertiary/aromatic N) is 2. The minimum absolute atomic E-state index is 0. The van der Waals surface area contributed by atoms with E-state index in [2.05, 4.69) is 41.3 Å². The van der Waals surface area contributed by atoms with Gasteiger partial charge in [0.25, 0.3) is 0 Å². The summed E-state index contributed by atoms with van der Waals surface area (Å²) in [6.45, 7) is 13.6. The van der Waals surface area contributed by atoms with E-state index in [9.17, 15) is 0 Å². The third-order valence-corrected chi connectivity index (χ3v) is 5.95. The molecule has 166 valence electrons. The number of piperidine rings is 1. The first-order valence-electron chi connectivity index (χ1n) is 11.3. The van der Waals surface area contributed by atoms with Crippen LogP contribution in [0.25, 0.3) is 0 Å². The number of hydrogen-bond acceptors (Lipinski definition) is 3. The minimum atomic E-state index is 0. The van der Waals surface area contributed by atoms with Crippen molar-refractivity contribution in [2.75, 3.05) is 46.4 Å². The molecular weight excluding hydrogens is 463 g/mol. The van der Waals surface area contributed by atoms with Crippen LogP contribution in [0.15, 0.2) is 4.99 Å². The molecule has 28 heavy (non-hydrogen) atoms. The first-order chi connectivity index (χ1) is 13.0. The van der Waals surface area contributed by atoms with Gasteiger partial charge >= 0.3 is 0 Å². The van der Waals surface area contributed by atoms with Crippen LogP contribution in [0, 0.1) is 11.3 Å². The molecule has 0 bridgehead atoms. The van der Waals surface area contributed by atoms with Crippen molar-refractivity contribution in [3.05, 3.63) is 0 Å². The summed E-state index contributed by atoms with van der Waals surface area (Å²) in [5.41, 5.74) is 0.193. The van der Waals surface area contributed by atoms with Gasteiger partial charge < -0.3 is 20.3 Å². The molecule has 5 nitrogen and oxygen atoms in total.